The molecule has 4 rings (SSSR count). The van der Waals surface area contributed by atoms with E-state index in [1.807, 2.05) is 97.1 Å². The van der Waals surface area contributed by atoms with Crippen LogP contribution in [0.2, 0.25) is 0 Å². The van der Waals surface area contributed by atoms with Gasteiger partial charge in [0.15, 0.2) is 0 Å². The molecular weight excluding hydrogens is 436 g/mol. The van der Waals surface area contributed by atoms with Crippen molar-refractivity contribution in [3.05, 3.63) is 108 Å². The molecule has 0 unspecified atom stereocenters. The molecule has 0 atom stereocenters. The van der Waals surface area contributed by atoms with Gasteiger partial charge in [-0.05, 0) is 111 Å². The van der Waals surface area contributed by atoms with Gasteiger partial charge in [-0.25, -0.2) is 0 Å². The fourth-order valence-electron chi connectivity index (χ4n) is 4.02. The molecule has 176 valence electrons. The molecule has 0 aliphatic rings. The van der Waals surface area contributed by atoms with Crippen molar-refractivity contribution in [2.75, 3.05) is 22.9 Å². The Morgan fingerprint density at radius 1 is 0.514 bits per heavy atom. The van der Waals surface area contributed by atoms with Crippen molar-refractivity contribution in [2.45, 2.75) is 13.8 Å². The minimum absolute atomic E-state index is 0.664. The highest BCUT2D eigenvalue weighted by atomic mass is 16.5. The number of rotatable bonds is 10. The predicted molar refractivity (Wildman–Crippen MR) is 142 cm³/mol. The number of nitrogens with zero attached hydrogens (tertiary/aromatic N) is 2. The minimum Gasteiger partial charge on any atom is -0.457 e. The topological polar surface area (TPSA) is 49.9 Å². The molecule has 0 amide bonds. The summed E-state index contributed by atoms with van der Waals surface area (Å²) in [6.07, 6.45) is 1.70. The van der Waals surface area contributed by atoms with Gasteiger partial charge in [0.05, 0.1) is 0 Å². The summed E-state index contributed by atoms with van der Waals surface area (Å²) in [4.78, 5) is 26.2. The lowest BCUT2D eigenvalue weighted by Gasteiger charge is -2.24. The van der Waals surface area contributed by atoms with Crippen LogP contribution >= 0.6 is 0 Å². The van der Waals surface area contributed by atoms with Gasteiger partial charge in [-0.15, -0.1) is 0 Å². The van der Waals surface area contributed by atoms with Gasteiger partial charge in [0, 0.05) is 47.0 Å². The van der Waals surface area contributed by atoms with Crippen LogP contribution in [0, 0.1) is 0 Å². The van der Waals surface area contributed by atoms with Crippen LogP contribution in [0.5, 0.6) is 11.5 Å². The van der Waals surface area contributed by atoms with Crippen LogP contribution in [0.1, 0.15) is 34.6 Å². The van der Waals surface area contributed by atoms with E-state index in [-0.39, 0.29) is 0 Å². The van der Waals surface area contributed by atoms with E-state index in [1.54, 1.807) is 0 Å². The molecular formula is C30H28N2O3. The number of hydrogen-bond donors (Lipinski definition) is 0. The summed E-state index contributed by atoms with van der Waals surface area (Å²) in [7, 11) is 0. The maximum Gasteiger partial charge on any atom is 0.150 e. The van der Waals surface area contributed by atoms with Crippen molar-refractivity contribution in [3.63, 3.8) is 0 Å². The fourth-order valence-corrected chi connectivity index (χ4v) is 4.02. The smallest absolute Gasteiger partial charge is 0.150 e. The average Bonchev–Trinajstić information content (AvgIpc) is 2.92. The summed E-state index contributed by atoms with van der Waals surface area (Å²) in [5.74, 6) is 1.51. The normalized spacial score (nSPS) is 10.5. The van der Waals surface area contributed by atoms with Crippen LogP contribution in [0.4, 0.5) is 22.7 Å². The molecule has 0 aliphatic carbocycles. The molecule has 0 aliphatic heterocycles. The second-order valence-corrected chi connectivity index (χ2v) is 8.00. The van der Waals surface area contributed by atoms with E-state index in [1.165, 1.54) is 0 Å². The van der Waals surface area contributed by atoms with E-state index < -0.39 is 0 Å². The lowest BCUT2D eigenvalue weighted by molar-refractivity contribution is 0.111. The van der Waals surface area contributed by atoms with Crippen LogP contribution in [0.3, 0.4) is 0 Å². The van der Waals surface area contributed by atoms with Crippen molar-refractivity contribution in [2.24, 2.45) is 0 Å². The zero-order valence-corrected chi connectivity index (χ0v) is 19.9. The molecule has 0 saturated heterocycles. The van der Waals surface area contributed by atoms with E-state index >= 15 is 0 Å². The second-order valence-electron chi connectivity index (χ2n) is 8.00. The third-order valence-corrected chi connectivity index (χ3v) is 5.85. The maximum atomic E-state index is 10.9. The van der Waals surface area contributed by atoms with Crippen LogP contribution in [-0.2, 0) is 0 Å². The largest absolute Gasteiger partial charge is 0.457 e. The predicted octanol–water partition coefficient (Wildman–Crippen LogP) is 7.42. The molecule has 0 bridgehead atoms. The third kappa shape index (κ3) is 5.58. The monoisotopic (exact) mass is 464 g/mol. The van der Waals surface area contributed by atoms with Gasteiger partial charge < -0.3 is 14.5 Å². The average molecular weight is 465 g/mol. The fraction of sp³-hybridized carbons (Fsp3) is 0.133. The molecule has 5 heteroatoms. The van der Waals surface area contributed by atoms with Crippen molar-refractivity contribution in [1.29, 1.82) is 0 Å². The maximum absolute atomic E-state index is 10.9. The molecule has 0 spiro atoms. The summed E-state index contributed by atoms with van der Waals surface area (Å²) >= 11 is 0. The molecule has 0 N–H and O–H groups in total. The standard InChI is InChI=1S/C30H28N2O3/c1-3-31(25-9-5-23(21-33)6-10-25)27-13-17-29(18-14-27)35-30-19-15-28(16-20-30)32(4-2)26-11-7-24(22-34)8-12-26/h5-22H,3-4H2,1-2H3. The molecule has 0 saturated carbocycles. The number of anilines is 4. The Bertz CT molecular complexity index is 1150. The summed E-state index contributed by atoms with van der Waals surface area (Å²) in [5.41, 5.74) is 5.49. The first-order valence-corrected chi connectivity index (χ1v) is 11.7. The molecule has 5 nitrogen and oxygen atoms in total. The van der Waals surface area contributed by atoms with Crippen molar-refractivity contribution in [3.8, 4) is 11.5 Å². The first-order valence-electron chi connectivity index (χ1n) is 11.7. The lowest BCUT2D eigenvalue weighted by atomic mass is 10.2. The van der Waals surface area contributed by atoms with Crippen molar-refractivity contribution >= 4 is 35.3 Å². The summed E-state index contributed by atoms with van der Waals surface area (Å²) in [5, 5.41) is 0. The zero-order chi connectivity index (χ0) is 24.6. The number of hydrogen-bond acceptors (Lipinski definition) is 5. The number of benzene rings is 4. The number of ether oxygens (including phenoxy) is 1. The Kier molecular flexibility index (Phi) is 7.58. The number of carbonyl (C=O) groups excluding carboxylic acids is 2. The quantitative estimate of drug-likeness (QED) is 0.229. The van der Waals surface area contributed by atoms with E-state index in [2.05, 4.69) is 23.6 Å². The summed E-state index contributed by atoms with van der Waals surface area (Å²) in [6, 6.07) is 31.1. The van der Waals surface area contributed by atoms with Gasteiger partial charge in [0.1, 0.15) is 24.1 Å². The van der Waals surface area contributed by atoms with Gasteiger partial charge >= 0.3 is 0 Å². The van der Waals surface area contributed by atoms with Crippen molar-refractivity contribution < 1.29 is 14.3 Å². The Hall–Kier alpha value is -4.38. The molecule has 0 radical (unpaired) electrons. The highest BCUT2D eigenvalue weighted by molar-refractivity contribution is 5.77. The Morgan fingerprint density at radius 3 is 1.06 bits per heavy atom. The molecule has 0 aromatic heterocycles. The van der Waals surface area contributed by atoms with E-state index in [4.69, 9.17) is 4.74 Å². The highest BCUT2D eigenvalue weighted by Gasteiger charge is 2.10. The molecule has 0 fully saturated rings. The Labute approximate surface area is 206 Å². The molecule has 4 aromatic carbocycles. The van der Waals surface area contributed by atoms with Gasteiger partial charge in [-0.1, -0.05) is 0 Å². The molecule has 35 heavy (non-hydrogen) atoms. The van der Waals surface area contributed by atoms with Crippen LogP contribution in [0.15, 0.2) is 97.1 Å². The number of aldehydes is 2. The van der Waals surface area contributed by atoms with E-state index in [0.717, 1.165) is 59.9 Å². The highest BCUT2D eigenvalue weighted by Crippen LogP contribution is 2.31. The Morgan fingerprint density at radius 2 is 0.800 bits per heavy atom. The minimum atomic E-state index is 0.664. The van der Waals surface area contributed by atoms with Crippen molar-refractivity contribution in [1.82, 2.24) is 0 Å². The second kappa shape index (κ2) is 11.2. The van der Waals surface area contributed by atoms with Crippen LogP contribution < -0.4 is 14.5 Å². The van der Waals surface area contributed by atoms with E-state index in [0.29, 0.717) is 11.1 Å². The molecule has 4 aromatic rings. The third-order valence-electron chi connectivity index (χ3n) is 5.85. The van der Waals surface area contributed by atoms with Gasteiger partial charge in [0.25, 0.3) is 0 Å². The summed E-state index contributed by atoms with van der Waals surface area (Å²) in [6.45, 7) is 5.79. The van der Waals surface area contributed by atoms with Crippen LogP contribution in [-0.4, -0.2) is 25.7 Å². The van der Waals surface area contributed by atoms with E-state index in [9.17, 15) is 9.59 Å². The zero-order valence-electron chi connectivity index (χ0n) is 19.9. The first-order chi connectivity index (χ1) is 17.1. The Balaban J connectivity index is 1.45. The molecule has 0 heterocycles. The summed E-state index contributed by atoms with van der Waals surface area (Å²) < 4.78 is 6.07. The number of carbonyl (C=O) groups is 2. The van der Waals surface area contributed by atoms with Gasteiger partial charge in [0.2, 0.25) is 0 Å². The van der Waals surface area contributed by atoms with Gasteiger partial charge in [-0.3, -0.25) is 9.59 Å². The SMILES string of the molecule is CCN(c1ccc(C=O)cc1)c1ccc(Oc2ccc(N(CC)c3ccc(C=O)cc3)cc2)cc1. The van der Waals surface area contributed by atoms with Gasteiger partial charge in [-0.2, -0.15) is 0 Å². The lowest BCUT2D eigenvalue weighted by Crippen LogP contribution is -2.15. The first kappa shape index (κ1) is 23.8. The van der Waals surface area contributed by atoms with Crippen LogP contribution in [0.25, 0.3) is 0 Å².